The van der Waals surface area contributed by atoms with Crippen LogP contribution in [-0.4, -0.2) is 46.9 Å². The molecule has 0 unspecified atom stereocenters. The molecular formula is C14H14FN3O5. The van der Waals surface area contributed by atoms with Crippen LogP contribution in [0.2, 0.25) is 0 Å². The van der Waals surface area contributed by atoms with Crippen LogP contribution in [0.4, 0.5) is 9.18 Å². The van der Waals surface area contributed by atoms with Gasteiger partial charge in [0, 0.05) is 0 Å². The fraction of sp³-hybridized carbons (Fsp3) is 0.286. The Morgan fingerprint density at radius 3 is 2.48 bits per heavy atom. The van der Waals surface area contributed by atoms with Gasteiger partial charge >= 0.3 is 12.0 Å². The first-order valence-electron chi connectivity index (χ1n) is 6.62. The number of amides is 4. The van der Waals surface area contributed by atoms with Crippen molar-refractivity contribution in [3.05, 3.63) is 35.6 Å². The molecule has 4 amide bonds. The molecule has 0 radical (unpaired) electrons. The Labute approximate surface area is 130 Å². The fourth-order valence-electron chi connectivity index (χ4n) is 2.19. The lowest BCUT2D eigenvalue weighted by molar-refractivity contribution is -0.138. The summed E-state index contributed by atoms with van der Waals surface area (Å²) in [5.74, 6) is -3.19. The highest BCUT2D eigenvalue weighted by Crippen LogP contribution is 2.28. The van der Waals surface area contributed by atoms with Gasteiger partial charge in [-0.1, -0.05) is 12.1 Å². The highest BCUT2D eigenvalue weighted by atomic mass is 19.1. The first-order valence-corrected chi connectivity index (χ1v) is 6.62. The van der Waals surface area contributed by atoms with Crippen molar-refractivity contribution in [3.8, 4) is 0 Å². The first-order chi connectivity index (χ1) is 10.7. The van der Waals surface area contributed by atoms with Crippen molar-refractivity contribution in [1.82, 2.24) is 15.5 Å². The van der Waals surface area contributed by atoms with Crippen molar-refractivity contribution in [3.63, 3.8) is 0 Å². The third-order valence-corrected chi connectivity index (χ3v) is 3.44. The summed E-state index contributed by atoms with van der Waals surface area (Å²) >= 11 is 0. The molecule has 1 aromatic carbocycles. The van der Waals surface area contributed by atoms with E-state index in [2.05, 4.69) is 10.6 Å². The second-order valence-corrected chi connectivity index (χ2v) is 5.12. The Bertz CT molecular complexity index is 675. The van der Waals surface area contributed by atoms with Crippen LogP contribution in [0.1, 0.15) is 12.5 Å². The van der Waals surface area contributed by atoms with E-state index in [1.54, 1.807) is 0 Å². The zero-order chi connectivity index (χ0) is 17.2. The molecule has 1 aromatic rings. The smallest absolute Gasteiger partial charge is 0.325 e. The van der Waals surface area contributed by atoms with E-state index in [1.807, 2.05) is 0 Å². The maximum atomic E-state index is 13.0. The van der Waals surface area contributed by atoms with E-state index in [4.69, 9.17) is 5.11 Å². The normalized spacial score (nSPS) is 20.3. The molecule has 0 aliphatic carbocycles. The second-order valence-electron chi connectivity index (χ2n) is 5.12. The summed E-state index contributed by atoms with van der Waals surface area (Å²) in [4.78, 5) is 47.0. The monoisotopic (exact) mass is 323 g/mol. The molecule has 23 heavy (non-hydrogen) atoms. The van der Waals surface area contributed by atoms with E-state index < -0.39 is 48.3 Å². The number of rotatable bonds is 5. The van der Waals surface area contributed by atoms with Crippen LogP contribution < -0.4 is 10.6 Å². The largest absolute Gasteiger partial charge is 0.480 e. The molecule has 0 saturated carbocycles. The summed E-state index contributed by atoms with van der Waals surface area (Å²) in [6.07, 6.45) is 0. The molecule has 3 N–H and O–H groups in total. The van der Waals surface area contributed by atoms with E-state index >= 15 is 0 Å². The van der Waals surface area contributed by atoms with Crippen LogP contribution in [-0.2, 0) is 19.9 Å². The van der Waals surface area contributed by atoms with Crippen molar-refractivity contribution in [2.45, 2.75) is 12.5 Å². The van der Waals surface area contributed by atoms with Crippen molar-refractivity contribution >= 4 is 23.8 Å². The van der Waals surface area contributed by atoms with Gasteiger partial charge in [-0.15, -0.1) is 0 Å². The third kappa shape index (κ3) is 3.28. The van der Waals surface area contributed by atoms with Gasteiger partial charge in [-0.25, -0.2) is 9.18 Å². The highest BCUT2D eigenvalue weighted by molar-refractivity contribution is 6.09. The number of aliphatic carboxylic acids is 1. The number of benzene rings is 1. The van der Waals surface area contributed by atoms with Gasteiger partial charge in [-0.05, 0) is 24.6 Å². The van der Waals surface area contributed by atoms with Crippen LogP contribution in [0.25, 0.3) is 0 Å². The summed E-state index contributed by atoms with van der Waals surface area (Å²) in [5.41, 5.74) is -1.05. The summed E-state index contributed by atoms with van der Waals surface area (Å²) < 4.78 is 13.0. The number of hydrogen-bond acceptors (Lipinski definition) is 4. The van der Waals surface area contributed by atoms with Crippen LogP contribution in [0.5, 0.6) is 0 Å². The first kappa shape index (κ1) is 16.4. The molecule has 0 spiro atoms. The molecule has 1 aliphatic heterocycles. The average molecular weight is 323 g/mol. The second kappa shape index (κ2) is 6.03. The van der Waals surface area contributed by atoms with E-state index in [0.717, 1.165) is 12.1 Å². The van der Waals surface area contributed by atoms with Crippen molar-refractivity contribution < 1.29 is 28.7 Å². The maximum absolute atomic E-state index is 13.0. The van der Waals surface area contributed by atoms with E-state index in [0.29, 0.717) is 10.5 Å². The molecule has 2 rings (SSSR count). The number of halogens is 1. The minimum Gasteiger partial charge on any atom is -0.480 e. The van der Waals surface area contributed by atoms with Crippen LogP contribution in [0.3, 0.4) is 0 Å². The molecule has 8 nitrogen and oxygen atoms in total. The minimum absolute atomic E-state index is 0.366. The SMILES string of the molecule is C[C@@]1(c2ccc(F)cc2)NC(=O)N(CC(=O)NCC(=O)O)C1=O. The Morgan fingerprint density at radius 2 is 1.91 bits per heavy atom. The maximum Gasteiger partial charge on any atom is 0.325 e. The molecule has 0 aromatic heterocycles. The Kier molecular flexibility index (Phi) is 4.30. The predicted octanol–water partition coefficient (Wildman–Crippen LogP) is -0.207. The minimum atomic E-state index is -1.42. The molecule has 122 valence electrons. The fourth-order valence-corrected chi connectivity index (χ4v) is 2.19. The summed E-state index contributed by atoms with van der Waals surface area (Å²) in [6.45, 7) is 0.224. The Hall–Kier alpha value is -2.97. The summed E-state index contributed by atoms with van der Waals surface area (Å²) in [6, 6.07) is 4.25. The molecule has 9 heteroatoms. The number of carbonyl (C=O) groups is 4. The molecule has 1 saturated heterocycles. The number of carbonyl (C=O) groups excluding carboxylic acids is 3. The lowest BCUT2D eigenvalue weighted by Gasteiger charge is -2.22. The van der Waals surface area contributed by atoms with Gasteiger partial charge in [0.05, 0.1) is 0 Å². The van der Waals surface area contributed by atoms with Crippen LogP contribution in [0.15, 0.2) is 24.3 Å². The Morgan fingerprint density at radius 1 is 1.30 bits per heavy atom. The number of imide groups is 1. The average Bonchev–Trinajstić information content (AvgIpc) is 2.70. The van der Waals surface area contributed by atoms with Gasteiger partial charge in [0.1, 0.15) is 24.4 Å². The highest BCUT2D eigenvalue weighted by Gasteiger charge is 2.49. The molecule has 1 heterocycles. The van der Waals surface area contributed by atoms with Crippen molar-refractivity contribution in [1.29, 1.82) is 0 Å². The zero-order valence-electron chi connectivity index (χ0n) is 12.1. The van der Waals surface area contributed by atoms with Gasteiger partial charge in [0.2, 0.25) is 5.91 Å². The van der Waals surface area contributed by atoms with Crippen molar-refractivity contribution in [2.75, 3.05) is 13.1 Å². The van der Waals surface area contributed by atoms with Gasteiger partial charge in [-0.3, -0.25) is 19.3 Å². The standard InChI is InChI=1S/C14H14FN3O5/c1-14(8-2-4-9(15)5-3-8)12(22)18(13(23)17-14)7-10(19)16-6-11(20)21/h2-5H,6-7H2,1H3,(H,16,19)(H,17,23)(H,20,21)/t14-/m0/s1. The predicted molar refractivity (Wildman–Crippen MR) is 74.6 cm³/mol. The van der Waals surface area contributed by atoms with E-state index in [1.165, 1.54) is 19.1 Å². The van der Waals surface area contributed by atoms with Crippen LogP contribution in [0, 0.1) is 5.82 Å². The lowest BCUT2D eigenvalue weighted by Crippen LogP contribution is -2.44. The summed E-state index contributed by atoms with van der Waals surface area (Å²) in [7, 11) is 0. The van der Waals surface area contributed by atoms with Crippen molar-refractivity contribution in [2.24, 2.45) is 0 Å². The topological polar surface area (TPSA) is 116 Å². The number of carboxylic acids is 1. The summed E-state index contributed by atoms with van der Waals surface area (Å²) in [5, 5.41) is 13.0. The molecular weight excluding hydrogens is 309 g/mol. The van der Waals surface area contributed by atoms with E-state index in [-0.39, 0.29) is 0 Å². The van der Waals surface area contributed by atoms with Crippen LogP contribution >= 0.6 is 0 Å². The van der Waals surface area contributed by atoms with Gasteiger partial charge in [-0.2, -0.15) is 0 Å². The third-order valence-electron chi connectivity index (χ3n) is 3.44. The molecule has 1 fully saturated rings. The molecule has 0 bridgehead atoms. The number of nitrogens with one attached hydrogen (secondary N) is 2. The zero-order valence-corrected chi connectivity index (χ0v) is 12.1. The lowest BCUT2D eigenvalue weighted by atomic mass is 9.92. The number of carboxylic acid groups (broad SMARTS) is 1. The number of nitrogens with zero attached hydrogens (tertiary/aromatic N) is 1. The van der Waals surface area contributed by atoms with E-state index in [9.17, 15) is 23.6 Å². The Balaban J connectivity index is 2.14. The number of hydrogen-bond donors (Lipinski definition) is 3. The van der Waals surface area contributed by atoms with Gasteiger partial charge in [0.25, 0.3) is 5.91 Å². The quantitative estimate of drug-likeness (QED) is 0.649. The number of urea groups is 1. The van der Waals surface area contributed by atoms with Gasteiger partial charge < -0.3 is 15.7 Å². The molecule has 1 atom stereocenters. The molecule has 1 aliphatic rings. The van der Waals surface area contributed by atoms with Gasteiger partial charge in [0.15, 0.2) is 0 Å².